The molecular weight excluding hydrogens is 322 g/mol. The first kappa shape index (κ1) is 19.1. The molecule has 0 saturated carbocycles. The van der Waals surface area contributed by atoms with Crippen LogP contribution in [0.4, 0.5) is 0 Å². The number of benzene rings is 1. The van der Waals surface area contributed by atoms with Crippen molar-refractivity contribution in [1.82, 2.24) is 15.1 Å². The van der Waals surface area contributed by atoms with Gasteiger partial charge in [0, 0.05) is 26.2 Å². The molecule has 1 N–H and O–H groups in total. The second kappa shape index (κ2) is 9.33. The maximum atomic E-state index is 12.6. The fraction of sp³-hybridized carbons (Fsp3) is 0.591. The number of aryl methyl sites for hydroxylation is 1. The quantitative estimate of drug-likeness (QED) is 0.764. The minimum Gasteiger partial charge on any atom is -0.341 e. The average Bonchev–Trinajstić information content (AvgIpc) is 3.21. The van der Waals surface area contributed by atoms with Crippen LogP contribution in [0.5, 0.6) is 0 Å². The molecule has 2 aliphatic rings. The average molecular weight is 356 g/mol. The standard InChI is InChI=1S/C22H33N3O/c1-3-25(22(26)21-9-6-13-23-21)17-19-10-14-24(15-11-19)16-12-20-8-5-4-7-18(20)2/h4-9,19,21,23H,3,10-17H2,1-2H3/t21-/m0/s1. The lowest BCUT2D eigenvalue weighted by molar-refractivity contribution is -0.132. The number of carbonyl (C=O) groups is 1. The van der Waals surface area contributed by atoms with Gasteiger partial charge in [-0.2, -0.15) is 0 Å². The summed E-state index contributed by atoms with van der Waals surface area (Å²) in [6.45, 7) is 10.3. The zero-order valence-electron chi connectivity index (χ0n) is 16.3. The fourth-order valence-corrected chi connectivity index (χ4v) is 4.08. The molecule has 26 heavy (non-hydrogen) atoms. The van der Waals surface area contributed by atoms with Crippen LogP contribution in [0.15, 0.2) is 36.4 Å². The summed E-state index contributed by atoms with van der Waals surface area (Å²) in [6.07, 6.45) is 7.58. The van der Waals surface area contributed by atoms with Gasteiger partial charge in [0.25, 0.3) is 0 Å². The van der Waals surface area contributed by atoms with E-state index in [1.807, 2.05) is 17.1 Å². The molecule has 4 heteroatoms. The largest absolute Gasteiger partial charge is 0.341 e. The lowest BCUT2D eigenvalue weighted by Gasteiger charge is -2.35. The lowest BCUT2D eigenvalue weighted by atomic mass is 9.95. The maximum absolute atomic E-state index is 12.6. The van der Waals surface area contributed by atoms with Gasteiger partial charge in [-0.1, -0.05) is 36.4 Å². The van der Waals surface area contributed by atoms with Gasteiger partial charge in [-0.05, 0) is 63.2 Å². The van der Waals surface area contributed by atoms with Gasteiger partial charge in [-0.3, -0.25) is 10.1 Å². The molecule has 1 aromatic rings. The molecule has 1 aromatic carbocycles. The number of piperidine rings is 1. The molecular formula is C22H33N3O. The van der Waals surface area contributed by atoms with E-state index in [0.717, 1.165) is 45.7 Å². The monoisotopic (exact) mass is 355 g/mol. The molecule has 0 unspecified atom stereocenters. The van der Waals surface area contributed by atoms with Crippen molar-refractivity contribution < 1.29 is 4.79 Å². The molecule has 2 heterocycles. The number of carbonyl (C=O) groups excluding carboxylic acids is 1. The van der Waals surface area contributed by atoms with E-state index in [1.54, 1.807) is 0 Å². The van der Waals surface area contributed by atoms with Crippen LogP contribution in [-0.4, -0.2) is 61.0 Å². The van der Waals surface area contributed by atoms with Crippen LogP contribution in [0.25, 0.3) is 0 Å². The third-order valence-corrected chi connectivity index (χ3v) is 5.89. The minimum atomic E-state index is -0.107. The summed E-state index contributed by atoms with van der Waals surface area (Å²) in [5, 5.41) is 3.24. The molecule has 1 amide bonds. The molecule has 142 valence electrons. The number of nitrogens with zero attached hydrogens (tertiary/aromatic N) is 2. The van der Waals surface area contributed by atoms with Crippen molar-refractivity contribution in [2.75, 3.05) is 39.3 Å². The summed E-state index contributed by atoms with van der Waals surface area (Å²) in [5.41, 5.74) is 2.86. The van der Waals surface area contributed by atoms with Gasteiger partial charge in [0.1, 0.15) is 6.04 Å². The molecule has 0 aromatic heterocycles. The van der Waals surface area contributed by atoms with E-state index in [9.17, 15) is 4.79 Å². The zero-order valence-corrected chi connectivity index (χ0v) is 16.3. The Morgan fingerprint density at radius 1 is 1.27 bits per heavy atom. The number of likely N-dealkylation sites (N-methyl/N-ethyl adjacent to an activating group) is 1. The summed E-state index contributed by atoms with van der Waals surface area (Å²) < 4.78 is 0. The lowest BCUT2D eigenvalue weighted by Crippen LogP contribution is -2.47. The summed E-state index contributed by atoms with van der Waals surface area (Å²) >= 11 is 0. The van der Waals surface area contributed by atoms with Gasteiger partial charge < -0.3 is 9.80 Å². The van der Waals surface area contributed by atoms with Crippen LogP contribution in [0, 0.1) is 12.8 Å². The van der Waals surface area contributed by atoms with Gasteiger partial charge in [-0.25, -0.2) is 0 Å². The molecule has 0 aliphatic carbocycles. The predicted octanol–water partition coefficient (Wildman–Crippen LogP) is 2.63. The molecule has 2 aliphatic heterocycles. The van der Waals surface area contributed by atoms with Gasteiger partial charge in [0.2, 0.25) is 5.91 Å². The molecule has 1 saturated heterocycles. The first-order chi connectivity index (χ1) is 12.7. The topological polar surface area (TPSA) is 35.6 Å². The normalized spacial score (nSPS) is 21.2. The van der Waals surface area contributed by atoms with E-state index < -0.39 is 0 Å². The maximum Gasteiger partial charge on any atom is 0.243 e. The molecule has 0 bridgehead atoms. The summed E-state index contributed by atoms with van der Waals surface area (Å²) in [7, 11) is 0. The Morgan fingerprint density at radius 3 is 2.69 bits per heavy atom. The number of hydrogen-bond donors (Lipinski definition) is 1. The summed E-state index contributed by atoms with van der Waals surface area (Å²) in [6, 6.07) is 8.59. The number of rotatable bonds is 7. The number of hydrogen-bond acceptors (Lipinski definition) is 3. The van der Waals surface area contributed by atoms with Gasteiger partial charge in [-0.15, -0.1) is 0 Å². The van der Waals surface area contributed by atoms with Crippen molar-refractivity contribution in [3.63, 3.8) is 0 Å². The van der Waals surface area contributed by atoms with Crippen molar-refractivity contribution in [3.8, 4) is 0 Å². The third-order valence-electron chi connectivity index (χ3n) is 5.89. The number of amides is 1. The Labute approximate surface area is 158 Å². The van der Waals surface area contributed by atoms with Crippen molar-refractivity contribution >= 4 is 5.91 Å². The molecule has 1 fully saturated rings. The van der Waals surface area contributed by atoms with E-state index in [4.69, 9.17) is 0 Å². The highest BCUT2D eigenvalue weighted by molar-refractivity contribution is 5.84. The predicted molar refractivity (Wildman–Crippen MR) is 107 cm³/mol. The van der Waals surface area contributed by atoms with Crippen molar-refractivity contribution in [2.45, 2.75) is 39.2 Å². The van der Waals surface area contributed by atoms with Crippen LogP contribution < -0.4 is 5.32 Å². The zero-order chi connectivity index (χ0) is 18.4. The SMILES string of the molecule is CCN(CC1CCN(CCc2ccccc2C)CC1)C(=O)[C@@H]1C=CCN1. The molecule has 0 radical (unpaired) electrons. The van der Waals surface area contributed by atoms with Crippen LogP contribution in [0.1, 0.15) is 30.9 Å². The number of nitrogens with one attached hydrogen (secondary N) is 1. The Morgan fingerprint density at radius 2 is 2.04 bits per heavy atom. The van der Waals surface area contributed by atoms with Gasteiger partial charge in [0.05, 0.1) is 0 Å². The Balaban J connectivity index is 1.42. The Bertz CT molecular complexity index is 620. The smallest absolute Gasteiger partial charge is 0.243 e. The van der Waals surface area contributed by atoms with Crippen molar-refractivity contribution in [1.29, 1.82) is 0 Å². The van der Waals surface area contributed by atoms with Crippen LogP contribution in [0.3, 0.4) is 0 Å². The van der Waals surface area contributed by atoms with Crippen molar-refractivity contribution in [2.24, 2.45) is 5.92 Å². The molecule has 1 atom stereocenters. The second-order valence-corrected chi connectivity index (χ2v) is 7.65. The summed E-state index contributed by atoms with van der Waals surface area (Å²) in [5.74, 6) is 0.877. The third kappa shape index (κ3) is 4.95. The first-order valence-electron chi connectivity index (χ1n) is 10.1. The highest BCUT2D eigenvalue weighted by atomic mass is 16.2. The molecule has 0 spiro atoms. The number of likely N-dealkylation sites (tertiary alicyclic amines) is 1. The Kier molecular flexibility index (Phi) is 6.86. The summed E-state index contributed by atoms with van der Waals surface area (Å²) in [4.78, 5) is 17.2. The van der Waals surface area contributed by atoms with Crippen LogP contribution in [0.2, 0.25) is 0 Å². The van der Waals surface area contributed by atoms with Crippen LogP contribution >= 0.6 is 0 Å². The van der Waals surface area contributed by atoms with E-state index in [1.165, 1.54) is 24.0 Å². The van der Waals surface area contributed by atoms with E-state index >= 15 is 0 Å². The molecule has 4 nitrogen and oxygen atoms in total. The van der Waals surface area contributed by atoms with Crippen LogP contribution in [-0.2, 0) is 11.2 Å². The molecule has 3 rings (SSSR count). The highest BCUT2D eigenvalue weighted by Crippen LogP contribution is 2.20. The van der Waals surface area contributed by atoms with Crippen molar-refractivity contribution in [3.05, 3.63) is 47.5 Å². The first-order valence-corrected chi connectivity index (χ1v) is 10.1. The minimum absolute atomic E-state index is 0.107. The Hall–Kier alpha value is -1.65. The van der Waals surface area contributed by atoms with Gasteiger partial charge in [0.15, 0.2) is 0 Å². The second-order valence-electron chi connectivity index (χ2n) is 7.65. The van der Waals surface area contributed by atoms with E-state index in [0.29, 0.717) is 5.92 Å². The highest BCUT2D eigenvalue weighted by Gasteiger charge is 2.26. The van der Waals surface area contributed by atoms with E-state index in [2.05, 4.69) is 48.3 Å². The van der Waals surface area contributed by atoms with E-state index in [-0.39, 0.29) is 11.9 Å². The fourth-order valence-electron chi connectivity index (χ4n) is 4.08. The van der Waals surface area contributed by atoms with Gasteiger partial charge >= 0.3 is 0 Å².